The van der Waals surface area contributed by atoms with Crippen LogP contribution in [0.4, 0.5) is 5.69 Å². The molecule has 0 aliphatic carbocycles. The van der Waals surface area contributed by atoms with Crippen LogP contribution < -0.4 is 5.32 Å². The van der Waals surface area contributed by atoms with E-state index in [-0.39, 0.29) is 0 Å². The van der Waals surface area contributed by atoms with Crippen LogP contribution in [0.25, 0.3) is 0 Å². The van der Waals surface area contributed by atoms with Crippen LogP contribution in [-0.4, -0.2) is 16.1 Å². The number of carbonyl (C=O) groups is 1. The Hall–Kier alpha value is -2.36. The molecule has 2 aromatic rings. The predicted molar refractivity (Wildman–Crippen MR) is 65.0 cm³/mol. The van der Waals surface area contributed by atoms with E-state index in [1.54, 1.807) is 30.6 Å². The van der Waals surface area contributed by atoms with Crippen LogP contribution >= 0.6 is 0 Å². The Morgan fingerprint density at radius 1 is 1.29 bits per heavy atom. The van der Waals surface area contributed by atoms with Crippen molar-refractivity contribution < 1.29 is 9.90 Å². The molecule has 0 bridgehead atoms. The molecule has 2 rings (SSSR count). The second-order valence-electron chi connectivity index (χ2n) is 3.60. The van der Waals surface area contributed by atoms with Crippen LogP contribution in [0.2, 0.25) is 0 Å². The lowest BCUT2D eigenvalue weighted by atomic mass is 10.1. The van der Waals surface area contributed by atoms with E-state index in [9.17, 15) is 4.79 Å². The Morgan fingerprint density at radius 3 is 2.88 bits per heavy atom. The highest BCUT2D eigenvalue weighted by Gasteiger charge is 2.02. The molecule has 17 heavy (non-hydrogen) atoms. The molecule has 86 valence electrons. The first-order valence-corrected chi connectivity index (χ1v) is 5.22. The average molecular weight is 228 g/mol. The second-order valence-corrected chi connectivity index (χ2v) is 3.60. The summed E-state index contributed by atoms with van der Waals surface area (Å²) >= 11 is 0. The number of nitrogens with one attached hydrogen (secondary N) is 1. The highest BCUT2D eigenvalue weighted by Crippen LogP contribution is 2.09. The number of hydrogen-bond donors (Lipinski definition) is 2. The van der Waals surface area contributed by atoms with Crippen LogP contribution in [0, 0.1) is 0 Å². The first kappa shape index (κ1) is 11.1. The molecule has 4 nitrogen and oxygen atoms in total. The smallest absolute Gasteiger partial charge is 0.335 e. The summed E-state index contributed by atoms with van der Waals surface area (Å²) < 4.78 is 0. The minimum absolute atomic E-state index is 0.301. The molecule has 0 amide bonds. The summed E-state index contributed by atoms with van der Waals surface area (Å²) in [6.45, 7) is 0.576. The molecule has 0 spiro atoms. The summed E-state index contributed by atoms with van der Waals surface area (Å²) in [6.07, 6.45) is 3.43. The van der Waals surface area contributed by atoms with Crippen molar-refractivity contribution in [3.63, 3.8) is 0 Å². The Balaban J connectivity index is 2.04. The van der Waals surface area contributed by atoms with Crippen LogP contribution in [0.5, 0.6) is 0 Å². The van der Waals surface area contributed by atoms with E-state index in [4.69, 9.17) is 5.11 Å². The molecule has 0 aliphatic rings. The van der Waals surface area contributed by atoms with Gasteiger partial charge in [-0.2, -0.15) is 0 Å². The van der Waals surface area contributed by atoms with E-state index in [2.05, 4.69) is 10.3 Å². The van der Waals surface area contributed by atoms with Crippen molar-refractivity contribution >= 4 is 11.7 Å². The fourth-order valence-corrected chi connectivity index (χ4v) is 1.49. The fourth-order valence-electron chi connectivity index (χ4n) is 1.49. The average Bonchev–Trinajstić information content (AvgIpc) is 2.38. The summed E-state index contributed by atoms with van der Waals surface area (Å²) in [5.74, 6) is -0.909. The van der Waals surface area contributed by atoms with E-state index in [1.165, 1.54) is 0 Å². The number of aromatic nitrogens is 1. The number of nitrogens with zero attached hydrogens (tertiary/aromatic N) is 1. The SMILES string of the molecule is O=C(O)c1cccc(CNc2cccnc2)c1. The van der Waals surface area contributed by atoms with Crippen molar-refractivity contribution in [2.45, 2.75) is 6.54 Å². The lowest BCUT2D eigenvalue weighted by molar-refractivity contribution is 0.0697. The molecule has 2 N–H and O–H groups in total. The Morgan fingerprint density at radius 2 is 2.18 bits per heavy atom. The zero-order chi connectivity index (χ0) is 12.1. The molecule has 0 atom stereocenters. The van der Waals surface area contributed by atoms with E-state index < -0.39 is 5.97 Å². The third-order valence-electron chi connectivity index (χ3n) is 2.33. The number of pyridine rings is 1. The molecule has 1 aromatic heterocycles. The van der Waals surface area contributed by atoms with Gasteiger partial charge in [0.2, 0.25) is 0 Å². The van der Waals surface area contributed by atoms with Crippen molar-refractivity contribution in [3.8, 4) is 0 Å². The second kappa shape index (κ2) is 5.12. The molecule has 0 radical (unpaired) electrons. The molecular formula is C13H12N2O2. The van der Waals surface area contributed by atoms with Gasteiger partial charge in [-0.25, -0.2) is 4.79 Å². The zero-order valence-electron chi connectivity index (χ0n) is 9.13. The van der Waals surface area contributed by atoms with Gasteiger partial charge in [-0.15, -0.1) is 0 Å². The summed E-state index contributed by atoms with van der Waals surface area (Å²) in [7, 11) is 0. The Bertz CT molecular complexity index is 512. The minimum Gasteiger partial charge on any atom is -0.478 e. The Kier molecular flexibility index (Phi) is 3.35. The van der Waals surface area contributed by atoms with Gasteiger partial charge in [-0.3, -0.25) is 4.98 Å². The number of carboxylic acids is 1. The highest BCUT2D eigenvalue weighted by atomic mass is 16.4. The standard InChI is InChI=1S/C13H12N2O2/c16-13(17)11-4-1-3-10(7-11)8-15-12-5-2-6-14-9-12/h1-7,9,15H,8H2,(H,16,17). The molecule has 4 heteroatoms. The monoisotopic (exact) mass is 228 g/mol. The minimum atomic E-state index is -0.909. The van der Waals surface area contributed by atoms with Gasteiger partial charge in [0.15, 0.2) is 0 Å². The molecule has 1 aromatic carbocycles. The fraction of sp³-hybridized carbons (Fsp3) is 0.0769. The maximum Gasteiger partial charge on any atom is 0.335 e. The van der Waals surface area contributed by atoms with Crippen molar-refractivity contribution in [1.29, 1.82) is 0 Å². The lowest BCUT2D eigenvalue weighted by Crippen LogP contribution is -2.02. The van der Waals surface area contributed by atoms with Gasteiger partial charge < -0.3 is 10.4 Å². The molecule has 0 aliphatic heterocycles. The molecule has 0 unspecified atom stereocenters. The summed E-state index contributed by atoms with van der Waals surface area (Å²) in [6, 6.07) is 10.6. The number of aromatic carboxylic acids is 1. The lowest BCUT2D eigenvalue weighted by Gasteiger charge is -2.06. The highest BCUT2D eigenvalue weighted by molar-refractivity contribution is 5.87. The van der Waals surface area contributed by atoms with Gasteiger partial charge >= 0.3 is 5.97 Å². The van der Waals surface area contributed by atoms with Gasteiger partial charge in [0.1, 0.15) is 0 Å². The van der Waals surface area contributed by atoms with E-state index in [0.29, 0.717) is 12.1 Å². The molecule has 0 saturated heterocycles. The van der Waals surface area contributed by atoms with E-state index in [1.807, 2.05) is 18.2 Å². The summed E-state index contributed by atoms with van der Waals surface area (Å²) in [4.78, 5) is 14.8. The van der Waals surface area contributed by atoms with Crippen LogP contribution in [-0.2, 0) is 6.54 Å². The van der Waals surface area contributed by atoms with Crippen molar-refractivity contribution in [3.05, 3.63) is 59.9 Å². The van der Waals surface area contributed by atoms with Crippen molar-refractivity contribution in [2.75, 3.05) is 5.32 Å². The predicted octanol–water partition coefficient (Wildman–Crippen LogP) is 2.39. The number of rotatable bonds is 4. The normalized spacial score (nSPS) is 9.88. The van der Waals surface area contributed by atoms with Gasteiger partial charge in [0, 0.05) is 18.9 Å². The molecular weight excluding hydrogens is 216 g/mol. The topological polar surface area (TPSA) is 62.2 Å². The first-order chi connectivity index (χ1) is 8.25. The third kappa shape index (κ3) is 3.04. The first-order valence-electron chi connectivity index (χ1n) is 5.22. The quantitative estimate of drug-likeness (QED) is 0.843. The maximum absolute atomic E-state index is 10.8. The van der Waals surface area contributed by atoms with Crippen LogP contribution in [0.15, 0.2) is 48.8 Å². The van der Waals surface area contributed by atoms with Crippen LogP contribution in [0.1, 0.15) is 15.9 Å². The maximum atomic E-state index is 10.8. The number of carboxylic acid groups (broad SMARTS) is 1. The van der Waals surface area contributed by atoms with E-state index >= 15 is 0 Å². The number of hydrogen-bond acceptors (Lipinski definition) is 3. The zero-order valence-corrected chi connectivity index (χ0v) is 9.13. The van der Waals surface area contributed by atoms with E-state index in [0.717, 1.165) is 11.3 Å². The number of anilines is 1. The third-order valence-corrected chi connectivity index (χ3v) is 2.33. The van der Waals surface area contributed by atoms with Crippen molar-refractivity contribution in [2.24, 2.45) is 0 Å². The van der Waals surface area contributed by atoms with Crippen molar-refractivity contribution in [1.82, 2.24) is 4.98 Å². The molecule has 0 saturated carbocycles. The van der Waals surface area contributed by atoms with Crippen LogP contribution in [0.3, 0.4) is 0 Å². The number of benzene rings is 1. The van der Waals surface area contributed by atoms with Gasteiger partial charge in [0.25, 0.3) is 0 Å². The molecule has 0 fully saturated rings. The van der Waals surface area contributed by atoms with Gasteiger partial charge in [-0.05, 0) is 29.8 Å². The van der Waals surface area contributed by atoms with Gasteiger partial charge in [0.05, 0.1) is 11.3 Å². The largest absolute Gasteiger partial charge is 0.478 e. The summed E-state index contributed by atoms with van der Waals surface area (Å²) in [5, 5.41) is 12.0. The van der Waals surface area contributed by atoms with Gasteiger partial charge in [-0.1, -0.05) is 12.1 Å². The Labute approximate surface area is 98.9 Å². The summed E-state index contributed by atoms with van der Waals surface area (Å²) in [5.41, 5.74) is 2.14. The molecule has 1 heterocycles.